The van der Waals surface area contributed by atoms with Crippen molar-refractivity contribution in [3.05, 3.63) is 17.0 Å². The number of hydrogen-bond acceptors (Lipinski definition) is 5. The number of ether oxygens (including phenoxy) is 1. The van der Waals surface area contributed by atoms with Gasteiger partial charge in [0, 0.05) is 30.4 Å². The van der Waals surface area contributed by atoms with E-state index in [-0.39, 0.29) is 31.0 Å². The molecule has 2 heterocycles. The number of carbonyl (C=O) groups excluding carboxylic acids is 1. The van der Waals surface area contributed by atoms with Crippen LogP contribution in [0.4, 0.5) is 0 Å². The van der Waals surface area contributed by atoms with E-state index in [2.05, 4.69) is 10.00 Å². The molecule has 0 aromatic carbocycles. The average molecular weight is 331 g/mol. The van der Waals surface area contributed by atoms with Crippen molar-refractivity contribution in [2.75, 3.05) is 19.7 Å². The maximum absolute atomic E-state index is 11.6. The molecule has 1 aliphatic rings. The standard InChI is InChI=1S/C15H26N4O2.ClH/c1-4-21-15(20)10-19-12(3)14(11(2)17-19)9-18-7-5-6-13(16)8-18;/h13H,4-10,16H2,1-3H3;1H. The highest BCUT2D eigenvalue weighted by atomic mass is 35.5. The number of aromatic nitrogens is 2. The highest BCUT2D eigenvalue weighted by molar-refractivity contribution is 5.85. The first-order valence-electron chi connectivity index (χ1n) is 7.67. The van der Waals surface area contributed by atoms with Crippen LogP contribution in [0.15, 0.2) is 0 Å². The predicted octanol–water partition coefficient (Wildman–Crippen LogP) is 1.41. The van der Waals surface area contributed by atoms with Gasteiger partial charge in [0.15, 0.2) is 0 Å². The fourth-order valence-corrected chi connectivity index (χ4v) is 2.90. The summed E-state index contributed by atoms with van der Waals surface area (Å²) in [5, 5.41) is 4.47. The number of rotatable bonds is 5. The van der Waals surface area contributed by atoms with Crippen molar-refractivity contribution < 1.29 is 9.53 Å². The fraction of sp³-hybridized carbons (Fsp3) is 0.733. The number of aryl methyl sites for hydroxylation is 1. The Labute approximate surface area is 138 Å². The molecule has 7 heteroatoms. The summed E-state index contributed by atoms with van der Waals surface area (Å²) in [5.74, 6) is -0.241. The Morgan fingerprint density at radius 1 is 1.45 bits per heavy atom. The monoisotopic (exact) mass is 330 g/mol. The van der Waals surface area contributed by atoms with Crippen molar-refractivity contribution in [2.45, 2.75) is 52.7 Å². The molecule has 1 aliphatic heterocycles. The molecule has 126 valence electrons. The van der Waals surface area contributed by atoms with Crippen LogP contribution in [-0.4, -0.2) is 46.4 Å². The molecule has 1 saturated heterocycles. The minimum absolute atomic E-state index is 0. The summed E-state index contributed by atoms with van der Waals surface area (Å²) >= 11 is 0. The van der Waals surface area contributed by atoms with Gasteiger partial charge in [-0.15, -0.1) is 12.4 Å². The Bertz CT molecular complexity index is 504. The van der Waals surface area contributed by atoms with Crippen molar-refractivity contribution in [3.8, 4) is 0 Å². The van der Waals surface area contributed by atoms with Crippen LogP contribution < -0.4 is 5.73 Å². The third kappa shape index (κ3) is 4.69. The molecular weight excluding hydrogens is 304 g/mol. The number of esters is 1. The second kappa shape index (κ2) is 8.50. The SMILES string of the molecule is CCOC(=O)Cn1nc(C)c(CN2CCCC(N)C2)c1C.Cl. The first kappa shape index (κ1) is 18.9. The van der Waals surface area contributed by atoms with Gasteiger partial charge < -0.3 is 10.5 Å². The van der Waals surface area contributed by atoms with E-state index >= 15 is 0 Å². The van der Waals surface area contributed by atoms with Gasteiger partial charge in [0.25, 0.3) is 0 Å². The van der Waals surface area contributed by atoms with Gasteiger partial charge >= 0.3 is 5.97 Å². The maximum Gasteiger partial charge on any atom is 0.327 e. The van der Waals surface area contributed by atoms with Gasteiger partial charge in [-0.1, -0.05) is 0 Å². The lowest BCUT2D eigenvalue weighted by molar-refractivity contribution is -0.144. The summed E-state index contributed by atoms with van der Waals surface area (Å²) in [6.07, 6.45) is 2.26. The van der Waals surface area contributed by atoms with E-state index in [9.17, 15) is 4.79 Å². The minimum Gasteiger partial charge on any atom is -0.465 e. The van der Waals surface area contributed by atoms with Crippen LogP contribution in [0.25, 0.3) is 0 Å². The zero-order valence-electron chi connectivity index (χ0n) is 13.7. The highest BCUT2D eigenvalue weighted by Gasteiger charge is 2.20. The van der Waals surface area contributed by atoms with E-state index in [1.54, 1.807) is 4.68 Å². The molecule has 1 unspecified atom stereocenters. The van der Waals surface area contributed by atoms with Crippen molar-refractivity contribution >= 4 is 18.4 Å². The zero-order valence-corrected chi connectivity index (χ0v) is 14.5. The van der Waals surface area contributed by atoms with Gasteiger partial charge in [-0.05, 0) is 40.2 Å². The lowest BCUT2D eigenvalue weighted by Gasteiger charge is -2.30. The molecule has 1 aromatic rings. The first-order valence-corrected chi connectivity index (χ1v) is 7.67. The zero-order chi connectivity index (χ0) is 15.4. The molecule has 0 bridgehead atoms. The minimum atomic E-state index is -0.241. The van der Waals surface area contributed by atoms with Gasteiger partial charge in [0.2, 0.25) is 0 Å². The van der Waals surface area contributed by atoms with Gasteiger partial charge in [0.05, 0.1) is 12.3 Å². The lowest BCUT2D eigenvalue weighted by Crippen LogP contribution is -2.42. The number of halogens is 1. The Hall–Kier alpha value is -1.11. The van der Waals surface area contributed by atoms with Gasteiger partial charge in [-0.3, -0.25) is 14.4 Å². The highest BCUT2D eigenvalue weighted by Crippen LogP contribution is 2.18. The molecule has 0 spiro atoms. The molecular formula is C15H27ClN4O2. The van der Waals surface area contributed by atoms with Crippen molar-refractivity contribution in [1.29, 1.82) is 0 Å². The van der Waals surface area contributed by atoms with Crippen LogP contribution in [-0.2, 0) is 22.6 Å². The first-order chi connectivity index (χ1) is 10.0. The second-order valence-electron chi connectivity index (χ2n) is 5.75. The van der Waals surface area contributed by atoms with Gasteiger partial charge in [-0.25, -0.2) is 0 Å². The largest absolute Gasteiger partial charge is 0.465 e. The Balaban J connectivity index is 0.00000242. The predicted molar refractivity (Wildman–Crippen MR) is 88.1 cm³/mol. The van der Waals surface area contributed by atoms with Gasteiger partial charge in [0.1, 0.15) is 6.54 Å². The summed E-state index contributed by atoms with van der Waals surface area (Å²) in [6, 6.07) is 0.272. The van der Waals surface area contributed by atoms with E-state index in [4.69, 9.17) is 10.5 Å². The molecule has 0 radical (unpaired) electrons. The van der Waals surface area contributed by atoms with Crippen LogP contribution in [0, 0.1) is 13.8 Å². The molecule has 2 rings (SSSR count). The number of likely N-dealkylation sites (tertiary alicyclic amines) is 1. The average Bonchev–Trinajstić information content (AvgIpc) is 2.67. The molecule has 1 atom stereocenters. The van der Waals surface area contributed by atoms with E-state index in [0.717, 1.165) is 43.9 Å². The Morgan fingerprint density at radius 3 is 2.82 bits per heavy atom. The second-order valence-corrected chi connectivity index (χ2v) is 5.75. The van der Waals surface area contributed by atoms with E-state index in [1.165, 1.54) is 5.56 Å². The summed E-state index contributed by atoms with van der Waals surface area (Å²) in [6.45, 7) is 9.26. The van der Waals surface area contributed by atoms with Crippen LogP contribution in [0.5, 0.6) is 0 Å². The summed E-state index contributed by atoms with van der Waals surface area (Å²) < 4.78 is 6.73. The number of carbonyl (C=O) groups is 1. The Kier molecular flexibility index (Phi) is 7.32. The molecule has 1 aromatic heterocycles. The van der Waals surface area contributed by atoms with Crippen LogP contribution in [0.2, 0.25) is 0 Å². The van der Waals surface area contributed by atoms with E-state index in [0.29, 0.717) is 6.61 Å². The quantitative estimate of drug-likeness (QED) is 0.826. The molecule has 2 N–H and O–H groups in total. The lowest BCUT2D eigenvalue weighted by atomic mass is 10.1. The normalized spacial score (nSPS) is 18.8. The van der Waals surface area contributed by atoms with Crippen molar-refractivity contribution in [1.82, 2.24) is 14.7 Å². The van der Waals surface area contributed by atoms with Crippen molar-refractivity contribution in [3.63, 3.8) is 0 Å². The molecule has 22 heavy (non-hydrogen) atoms. The topological polar surface area (TPSA) is 73.4 Å². The molecule has 0 amide bonds. The fourth-order valence-electron chi connectivity index (χ4n) is 2.90. The third-order valence-electron chi connectivity index (χ3n) is 4.04. The van der Waals surface area contributed by atoms with Crippen LogP contribution >= 0.6 is 12.4 Å². The number of piperidine rings is 1. The Morgan fingerprint density at radius 2 is 2.18 bits per heavy atom. The maximum atomic E-state index is 11.6. The number of hydrogen-bond donors (Lipinski definition) is 1. The third-order valence-corrected chi connectivity index (χ3v) is 4.04. The summed E-state index contributed by atoms with van der Waals surface area (Å²) in [7, 11) is 0. The van der Waals surface area contributed by atoms with Gasteiger partial charge in [-0.2, -0.15) is 5.10 Å². The molecule has 0 saturated carbocycles. The number of nitrogens with two attached hydrogens (primary N) is 1. The molecule has 1 fully saturated rings. The molecule has 0 aliphatic carbocycles. The van der Waals surface area contributed by atoms with E-state index < -0.39 is 0 Å². The van der Waals surface area contributed by atoms with Crippen molar-refractivity contribution in [2.24, 2.45) is 5.73 Å². The van der Waals surface area contributed by atoms with Crippen LogP contribution in [0.1, 0.15) is 36.7 Å². The smallest absolute Gasteiger partial charge is 0.327 e. The molecule has 6 nitrogen and oxygen atoms in total. The number of nitrogens with zero attached hydrogens (tertiary/aromatic N) is 3. The van der Waals surface area contributed by atoms with E-state index in [1.807, 2.05) is 20.8 Å². The van der Waals surface area contributed by atoms with Crippen LogP contribution in [0.3, 0.4) is 0 Å². The summed E-state index contributed by atoms with van der Waals surface area (Å²) in [5.41, 5.74) is 9.26. The summed E-state index contributed by atoms with van der Waals surface area (Å²) in [4.78, 5) is 14.0.